The van der Waals surface area contributed by atoms with Crippen LogP contribution in [0.15, 0.2) is 30.5 Å². The number of fused-ring (bicyclic) bond motifs is 1. The maximum absolute atomic E-state index is 15.1. The number of amides is 3. The quantitative estimate of drug-likeness (QED) is 0.471. The van der Waals surface area contributed by atoms with Gasteiger partial charge in [0.25, 0.3) is 5.91 Å². The first-order valence-electron chi connectivity index (χ1n) is 9.90. The Morgan fingerprint density at radius 2 is 1.91 bits per heavy atom. The van der Waals surface area contributed by atoms with Crippen molar-refractivity contribution < 1.29 is 28.2 Å². The summed E-state index contributed by atoms with van der Waals surface area (Å²) < 4.78 is 31.4. The third-order valence-corrected chi connectivity index (χ3v) is 5.37. The first-order valence-corrected chi connectivity index (χ1v) is 10.3. The molecule has 1 aliphatic carbocycles. The SMILES string of the molecule is COc1cc2nccc(Oc3c(F)cc(NC(=O)NC4CC4)c(Cl)c3OC)c2cc1C(N)=O. The van der Waals surface area contributed by atoms with Crippen molar-refractivity contribution in [2.45, 2.75) is 18.9 Å². The molecule has 1 heterocycles. The molecule has 3 amide bonds. The number of carbonyl (C=O) groups excluding carboxylic acids is 2. The van der Waals surface area contributed by atoms with Gasteiger partial charge in [0.2, 0.25) is 5.75 Å². The van der Waals surface area contributed by atoms with E-state index in [1.165, 1.54) is 38.6 Å². The van der Waals surface area contributed by atoms with E-state index < -0.39 is 17.8 Å². The zero-order chi connectivity index (χ0) is 23.7. The third-order valence-electron chi connectivity index (χ3n) is 5.00. The fourth-order valence-electron chi connectivity index (χ4n) is 3.23. The van der Waals surface area contributed by atoms with Gasteiger partial charge in [0.15, 0.2) is 11.6 Å². The number of aromatic nitrogens is 1. The fourth-order valence-corrected chi connectivity index (χ4v) is 3.50. The summed E-state index contributed by atoms with van der Waals surface area (Å²) >= 11 is 6.37. The number of carbonyl (C=O) groups is 2. The Labute approximate surface area is 193 Å². The number of benzene rings is 2. The average Bonchev–Trinajstić information content (AvgIpc) is 3.60. The fraction of sp³-hybridized carbons (Fsp3) is 0.227. The molecule has 0 saturated heterocycles. The molecule has 4 N–H and O–H groups in total. The Balaban J connectivity index is 1.74. The maximum atomic E-state index is 15.1. The summed E-state index contributed by atoms with van der Waals surface area (Å²) in [4.78, 5) is 28.1. The van der Waals surface area contributed by atoms with E-state index in [1.54, 1.807) is 0 Å². The molecule has 4 rings (SSSR count). The molecule has 0 spiro atoms. The second-order valence-corrected chi connectivity index (χ2v) is 7.68. The highest BCUT2D eigenvalue weighted by atomic mass is 35.5. The second-order valence-electron chi connectivity index (χ2n) is 7.30. The van der Waals surface area contributed by atoms with Crippen molar-refractivity contribution in [2.75, 3.05) is 19.5 Å². The molecule has 11 heteroatoms. The number of urea groups is 1. The number of methoxy groups -OCH3 is 2. The molecule has 0 unspecified atom stereocenters. The number of primary amides is 1. The predicted molar refractivity (Wildman–Crippen MR) is 120 cm³/mol. The Kier molecular flexibility index (Phi) is 6.10. The minimum atomic E-state index is -0.827. The highest BCUT2D eigenvalue weighted by Gasteiger charge is 2.26. The minimum absolute atomic E-state index is 0.0249. The van der Waals surface area contributed by atoms with Crippen LogP contribution in [0.3, 0.4) is 0 Å². The van der Waals surface area contributed by atoms with Gasteiger partial charge in [-0.15, -0.1) is 0 Å². The maximum Gasteiger partial charge on any atom is 0.319 e. The normalized spacial score (nSPS) is 12.8. The largest absolute Gasteiger partial charge is 0.496 e. The lowest BCUT2D eigenvalue weighted by atomic mass is 10.1. The molecular formula is C22H20ClFN4O5. The molecule has 172 valence electrons. The number of nitrogens with zero attached hydrogens (tertiary/aromatic N) is 1. The van der Waals surface area contributed by atoms with E-state index in [9.17, 15) is 9.59 Å². The number of nitrogens with two attached hydrogens (primary N) is 1. The molecule has 0 bridgehead atoms. The standard InChI is InChI=1S/C22H20ClFN4O5/c1-31-17-9-14-11(7-12(17)21(25)29)16(5-6-26-14)33-19-13(24)8-15(18(23)20(19)32-2)28-22(30)27-10-3-4-10/h5-10H,3-4H2,1-2H3,(H2,25,29)(H2,27,28,30). The van der Waals surface area contributed by atoms with Crippen molar-refractivity contribution in [1.82, 2.24) is 10.3 Å². The van der Waals surface area contributed by atoms with Crippen molar-refractivity contribution in [1.29, 1.82) is 0 Å². The van der Waals surface area contributed by atoms with Crippen LogP contribution in [0, 0.1) is 5.82 Å². The number of hydrogen-bond donors (Lipinski definition) is 3. The summed E-state index contributed by atoms with van der Waals surface area (Å²) in [7, 11) is 2.69. The smallest absolute Gasteiger partial charge is 0.319 e. The molecule has 0 atom stereocenters. The zero-order valence-corrected chi connectivity index (χ0v) is 18.5. The molecule has 2 aromatic carbocycles. The molecule has 9 nitrogen and oxygen atoms in total. The van der Waals surface area contributed by atoms with E-state index in [1.807, 2.05) is 0 Å². The van der Waals surface area contributed by atoms with Crippen LogP contribution in [0.25, 0.3) is 10.9 Å². The Morgan fingerprint density at radius 3 is 2.55 bits per heavy atom. The van der Waals surface area contributed by atoms with Crippen molar-refractivity contribution in [3.8, 4) is 23.0 Å². The Hall–Kier alpha value is -3.79. The summed E-state index contributed by atoms with van der Waals surface area (Å²) in [6.45, 7) is 0. The summed E-state index contributed by atoms with van der Waals surface area (Å²) in [5.41, 5.74) is 6.00. The highest BCUT2D eigenvalue weighted by molar-refractivity contribution is 6.35. The van der Waals surface area contributed by atoms with E-state index in [0.717, 1.165) is 18.9 Å². The van der Waals surface area contributed by atoms with Gasteiger partial charge in [0.05, 0.1) is 31.0 Å². The first kappa shape index (κ1) is 22.4. The van der Waals surface area contributed by atoms with Crippen molar-refractivity contribution >= 4 is 40.1 Å². The summed E-state index contributed by atoms with van der Waals surface area (Å²) in [5, 5.41) is 5.59. The number of anilines is 1. The van der Waals surface area contributed by atoms with Crippen molar-refractivity contribution in [3.63, 3.8) is 0 Å². The first-order chi connectivity index (χ1) is 15.8. The molecule has 1 saturated carbocycles. The number of rotatable bonds is 7. The molecule has 33 heavy (non-hydrogen) atoms. The molecule has 1 fully saturated rings. The molecule has 3 aromatic rings. The van der Waals surface area contributed by atoms with Crippen LogP contribution in [0.1, 0.15) is 23.2 Å². The Morgan fingerprint density at radius 1 is 1.15 bits per heavy atom. The number of hydrogen-bond acceptors (Lipinski definition) is 6. The summed E-state index contributed by atoms with van der Waals surface area (Å²) in [6, 6.07) is 5.11. The van der Waals surface area contributed by atoms with Gasteiger partial charge < -0.3 is 30.6 Å². The van der Waals surface area contributed by atoms with Crippen LogP contribution in [-0.4, -0.2) is 37.2 Å². The van der Waals surface area contributed by atoms with Crippen molar-refractivity contribution in [3.05, 3.63) is 46.9 Å². The van der Waals surface area contributed by atoms with Gasteiger partial charge in [-0.3, -0.25) is 9.78 Å². The summed E-state index contributed by atoms with van der Waals surface area (Å²) in [6.07, 6.45) is 3.24. The minimum Gasteiger partial charge on any atom is -0.496 e. The zero-order valence-electron chi connectivity index (χ0n) is 17.7. The van der Waals surface area contributed by atoms with E-state index in [-0.39, 0.29) is 45.3 Å². The van der Waals surface area contributed by atoms with Crippen molar-refractivity contribution in [2.24, 2.45) is 5.73 Å². The number of nitrogens with one attached hydrogen (secondary N) is 2. The molecular weight excluding hydrogens is 455 g/mol. The van der Waals surface area contributed by atoms with Gasteiger partial charge in [-0.05, 0) is 25.0 Å². The monoisotopic (exact) mass is 474 g/mol. The van der Waals surface area contributed by atoms with Gasteiger partial charge in [0.1, 0.15) is 16.5 Å². The molecule has 1 aromatic heterocycles. The topological polar surface area (TPSA) is 125 Å². The third kappa shape index (κ3) is 4.56. The average molecular weight is 475 g/mol. The van der Waals surface area contributed by atoms with E-state index in [2.05, 4.69) is 15.6 Å². The number of ether oxygens (including phenoxy) is 3. The lowest BCUT2D eigenvalue weighted by Crippen LogP contribution is -2.30. The van der Waals surface area contributed by atoms with Crippen LogP contribution in [0.2, 0.25) is 5.02 Å². The number of pyridine rings is 1. The Bertz CT molecular complexity index is 1270. The van der Waals surface area contributed by atoms with Gasteiger partial charge in [0, 0.05) is 29.8 Å². The van der Waals surface area contributed by atoms with Crippen LogP contribution in [0.4, 0.5) is 14.9 Å². The van der Waals surface area contributed by atoms with Gasteiger partial charge in [-0.1, -0.05) is 11.6 Å². The van der Waals surface area contributed by atoms with Crippen LogP contribution in [0.5, 0.6) is 23.0 Å². The number of halogens is 2. The van der Waals surface area contributed by atoms with Crippen LogP contribution in [-0.2, 0) is 0 Å². The van der Waals surface area contributed by atoms with E-state index >= 15 is 4.39 Å². The summed E-state index contributed by atoms with van der Waals surface area (Å²) in [5.74, 6) is -1.55. The highest BCUT2D eigenvalue weighted by Crippen LogP contribution is 2.45. The van der Waals surface area contributed by atoms with E-state index in [0.29, 0.717) is 10.9 Å². The lowest BCUT2D eigenvalue weighted by molar-refractivity contribution is 0.0997. The van der Waals surface area contributed by atoms with Gasteiger partial charge in [-0.2, -0.15) is 0 Å². The predicted octanol–water partition coefficient (Wildman–Crippen LogP) is 4.22. The molecule has 0 aliphatic heterocycles. The van der Waals surface area contributed by atoms with Crippen LogP contribution >= 0.6 is 11.6 Å². The molecule has 1 aliphatic rings. The van der Waals surface area contributed by atoms with E-state index in [4.69, 9.17) is 31.5 Å². The molecule has 0 radical (unpaired) electrons. The lowest BCUT2D eigenvalue weighted by Gasteiger charge is -2.17. The van der Waals surface area contributed by atoms with Gasteiger partial charge in [-0.25, -0.2) is 9.18 Å². The van der Waals surface area contributed by atoms with Crippen LogP contribution < -0.4 is 30.6 Å². The second kappa shape index (κ2) is 8.99. The van der Waals surface area contributed by atoms with Gasteiger partial charge >= 0.3 is 6.03 Å².